The first-order valence-electron chi connectivity index (χ1n) is 13.8. The summed E-state index contributed by atoms with van der Waals surface area (Å²) in [7, 11) is 0. The van der Waals surface area contributed by atoms with Crippen LogP contribution in [0.25, 0.3) is 67.2 Å². The van der Waals surface area contributed by atoms with Crippen LogP contribution >= 0.6 is 0 Å². The van der Waals surface area contributed by atoms with Crippen molar-refractivity contribution >= 4 is 10.8 Å². The highest BCUT2D eigenvalue weighted by atomic mass is 15.0. The molecule has 0 atom stereocenters. The molecule has 7 rings (SSSR count). The first-order chi connectivity index (χ1) is 20.7. The van der Waals surface area contributed by atoms with Gasteiger partial charge >= 0.3 is 0 Å². The Bertz CT molecular complexity index is 2000. The largest absolute Gasteiger partial charge is 0.208 e. The summed E-state index contributed by atoms with van der Waals surface area (Å²) in [5.74, 6) is 1.94. The van der Waals surface area contributed by atoms with Gasteiger partial charge in [-0.15, -0.1) is 0 Å². The molecule has 0 N–H and O–H groups in total. The molecule has 0 saturated carbocycles. The standard InChI is InChI=1S/C38H24N4/c39-25-26-11-13-27(14-12-26)33-21-17-29-18-22-34(24-35(29)23-33)28-15-19-32(20-16-28)38-41-36(30-7-3-1-4-8-30)40-37(42-38)31-9-5-2-6-10-31/h1-24H. The predicted octanol–water partition coefficient (Wildman–Crippen LogP) is 9.23. The Hall–Kier alpha value is -5.92. The van der Waals surface area contributed by atoms with Crippen molar-refractivity contribution in [2.75, 3.05) is 0 Å². The van der Waals surface area contributed by atoms with Gasteiger partial charge in [0.25, 0.3) is 0 Å². The molecule has 0 saturated heterocycles. The molecule has 0 aliphatic rings. The zero-order chi connectivity index (χ0) is 28.3. The fourth-order valence-corrected chi connectivity index (χ4v) is 5.09. The molecule has 0 fully saturated rings. The van der Waals surface area contributed by atoms with Crippen LogP contribution in [0.5, 0.6) is 0 Å². The van der Waals surface area contributed by atoms with Crippen molar-refractivity contribution in [2.45, 2.75) is 0 Å². The Kier molecular flexibility index (Phi) is 6.52. The van der Waals surface area contributed by atoms with Gasteiger partial charge in [0.1, 0.15) is 0 Å². The van der Waals surface area contributed by atoms with Gasteiger partial charge in [-0.2, -0.15) is 5.26 Å². The second-order valence-electron chi connectivity index (χ2n) is 10.1. The van der Waals surface area contributed by atoms with Crippen molar-refractivity contribution in [3.05, 3.63) is 151 Å². The molecule has 0 spiro atoms. The Morgan fingerprint density at radius 3 is 1.19 bits per heavy atom. The summed E-state index contributed by atoms with van der Waals surface area (Å²) in [6.07, 6.45) is 0. The van der Waals surface area contributed by atoms with Gasteiger partial charge in [-0.25, -0.2) is 15.0 Å². The van der Waals surface area contributed by atoms with E-state index in [1.54, 1.807) is 0 Å². The van der Waals surface area contributed by atoms with Crippen molar-refractivity contribution < 1.29 is 0 Å². The molecule has 0 radical (unpaired) electrons. The SMILES string of the molecule is N#Cc1ccc(-c2ccc3ccc(-c4ccc(-c5nc(-c6ccccc6)nc(-c6ccccc6)n5)cc4)cc3c2)cc1. The average Bonchev–Trinajstić information content (AvgIpc) is 3.08. The Morgan fingerprint density at radius 2 is 0.738 bits per heavy atom. The van der Waals surface area contributed by atoms with Crippen LogP contribution in [0.1, 0.15) is 5.56 Å². The lowest BCUT2D eigenvalue weighted by atomic mass is 9.97. The van der Waals surface area contributed by atoms with E-state index in [0.29, 0.717) is 23.0 Å². The summed E-state index contributed by atoms with van der Waals surface area (Å²) < 4.78 is 0. The van der Waals surface area contributed by atoms with E-state index in [1.165, 1.54) is 5.39 Å². The molecule has 4 nitrogen and oxygen atoms in total. The molecule has 0 aliphatic heterocycles. The predicted molar refractivity (Wildman–Crippen MR) is 169 cm³/mol. The highest BCUT2D eigenvalue weighted by Crippen LogP contribution is 2.31. The Morgan fingerprint density at radius 1 is 0.357 bits per heavy atom. The van der Waals surface area contributed by atoms with Crippen LogP contribution < -0.4 is 0 Å². The van der Waals surface area contributed by atoms with Gasteiger partial charge in [0, 0.05) is 16.7 Å². The number of aromatic nitrogens is 3. The summed E-state index contributed by atoms with van der Waals surface area (Å²) in [6, 6.07) is 51.3. The molecule has 0 unspecified atom stereocenters. The smallest absolute Gasteiger partial charge is 0.164 e. The lowest BCUT2D eigenvalue weighted by Crippen LogP contribution is -2.00. The van der Waals surface area contributed by atoms with Gasteiger partial charge in [0.15, 0.2) is 17.5 Å². The summed E-state index contributed by atoms with van der Waals surface area (Å²) in [5, 5.41) is 11.5. The average molecular weight is 537 g/mol. The molecule has 0 aliphatic carbocycles. The van der Waals surface area contributed by atoms with Crippen LogP contribution in [0.4, 0.5) is 0 Å². The van der Waals surface area contributed by atoms with Gasteiger partial charge in [-0.05, 0) is 57.3 Å². The fourth-order valence-electron chi connectivity index (χ4n) is 5.09. The first-order valence-corrected chi connectivity index (χ1v) is 13.8. The molecule has 0 bridgehead atoms. The van der Waals surface area contributed by atoms with Crippen LogP contribution in [0.3, 0.4) is 0 Å². The maximum Gasteiger partial charge on any atom is 0.164 e. The number of rotatable bonds is 5. The molecular weight excluding hydrogens is 512 g/mol. The second kappa shape index (κ2) is 10.9. The summed E-state index contributed by atoms with van der Waals surface area (Å²) in [5.41, 5.74) is 7.96. The minimum Gasteiger partial charge on any atom is -0.208 e. The van der Waals surface area contributed by atoms with E-state index in [2.05, 4.69) is 66.7 Å². The van der Waals surface area contributed by atoms with Crippen molar-refractivity contribution in [1.29, 1.82) is 5.26 Å². The molecule has 6 aromatic carbocycles. The van der Waals surface area contributed by atoms with Crippen molar-refractivity contribution in [3.8, 4) is 62.5 Å². The maximum absolute atomic E-state index is 9.12. The quantitative estimate of drug-likeness (QED) is 0.220. The first kappa shape index (κ1) is 25.1. The molecular formula is C38H24N4. The highest BCUT2D eigenvalue weighted by molar-refractivity contribution is 5.91. The van der Waals surface area contributed by atoms with E-state index in [-0.39, 0.29) is 0 Å². The molecule has 1 heterocycles. The van der Waals surface area contributed by atoms with Crippen molar-refractivity contribution in [2.24, 2.45) is 0 Å². The zero-order valence-corrected chi connectivity index (χ0v) is 22.6. The van der Waals surface area contributed by atoms with Crippen molar-refractivity contribution in [3.63, 3.8) is 0 Å². The second-order valence-corrected chi connectivity index (χ2v) is 10.1. The Balaban J connectivity index is 1.24. The van der Waals surface area contributed by atoms with Gasteiger partial charge < -0.3 is 0 Å². The number of fused-ring (bicyclic) bond motifs is 1. The number of benzene rings is 6. The van der Waals surface area contributed by atoms with Crippen molar-refractivity contribution in [1.82, 2.24) is 15.0 Å². The minimum absolute atomic E-state index is 0.639. The molecule has 7 aromatic rings. The lowest BCUT2D eigenvalue weighted by molar-refractivity contribution is 1.07. The third kappa shape index (κ3) is 5.03. The number of nitriles is 1. The maximum atomic E-state index is 9.12. The monoisotopic (exact) mass is 536 g/mol. The van der Waals surface area contributed by atoms with E-state index in [4.69, 9.17) is 20.2 Å². The summed E-state index contributed by atoms with van der Waals surface area (Å²) in [6.45, 7) is 0. The van der Waals surface area contributed by atoms with Crippen LogP contribution in [0, 0.1) is 11.3 Å². The van der Waals surface area contributed by atoms with E-state index < -0.39 is 0 Å². The third-order valence-electron chi connectivity index (χ3n) is 7.36. The van der Waals surface area contributed by atoms with E-state index >= 15 is 0 Å². The van der Waals surface area contributed by atoms with Crippen LogP contribution in [0.2, 0.25) is 0 Å². The fraction of sp³-hybridized carbons (Fsp3) is 0. The number of hydrogen-bond donors (Lipinski definition) is 0. The molecule has 42 heavy (non-hydrogen) atoms. The lowest BCUT2D eigenvalue weighted by Gasteiger charge is -2.10. The number of hydrogen-bond acceptors (Lipinski definition) is 4. The van der Waals surface area contributed by atoms with Gasteiger partial charge in [-0.1, -0.05) is 121 Å². The third-order valence-corrected chi connectivity index (χ3v) is 7.36. The minimum atomic E-state index is 0.639. The molecule has 1 aromatic heterocycles. The van der Waals surface area contributed by atoms with Gasteiger partial charge in [0.05, 0.1) is 11.6 Å². The molecule has 196 valence electrons. The summed E-state index contributed by atoms with van der Waals surface area (Å²) in [4.78, 5) is 14.5. The molecule has 0 amide bonds. The summed E-state index contributed by atoms with van der Waals surface area (Å²) >= 11 is 0. The van der Waals surface area contributed by atoms with Gasteiger partial charge in [0.2, 0.25) is 0 Å². The van der Waals surface area contributed by atoms with E-state index in [1.807, 2.05) is 84.9 Å². The molecule has 4 heteroatoms. The van der Waals surface area contributed by atoms with E-state index in [0.717, 1.165) is 44.3 Å². The highest BCUT2D eigenvalue weighted by Gasteiger charge is 2.12. The zero-order valence-electron chi connectivity index (χ0n) is 22.6. The van der Waals surface area contributed by atoms with E-state index in [9.17, 15) is 0 Å². The van der Waals surface area contributed by atoms with Crippen LogP contribution in [-0.2, 0) is 0 Å². The Labute approximate surface area is 244 Å². The van der Waals surface area contributed by atoms with Gasteiger partial charge in [-0.3, -0.25) is 0 Å². The van der Waals surface area contributed by atoms with Crippen LogP contribution in [-0.4, -0.2) is 15.0 Å². The van der Waals surface area contributed by atoms with Crippen LogP contribution in [0.15, 0.2) is 146 Å². The number of nitrogens with zero attached hydrogens (tertiary/aromatic N) is 4. The topological polar surface area (TPSA) is 62.5 Å². The normalized spacial score (nSPS) is 10.8.